The van der Waals surface area contributed by atoms with Crippen molar-refractivity contribution in [2.24, 2.45) is 0 Å². The Balaban J connectivity index is 2.02. The van der Waals surface area contributed by atoms with Crippen molar-refractivity contribution < 1.29 is 4.79 Å². The average Bonchev–Trinajstić information content (AvgIpc) is 2.54. The summed E-state index contributed by atoms with van der Waals surface area (Å²) in [5.74, 6) is 0.315. The van der Waals surface area contributed by atoms with Crippen LogP contribution < -0.4 is 4.90 Å². The van der Waals surface area contributed by atoms with Crippen molar-refractivity contribution in [3.05, 3.63) is 65.6 Å². The molecule has 0 saturated heterocycles. The van der Waals surface area contributed by atoms with E-state index in [1.807, 2.05) is 30.3 Å². The van der Waals surface area contributed by atoms with Gasteiger partial charge in [0.2, 0.25) is 0 Å². The van der Waals surface area contributed by atoms with Gasteiger partial charge in [-0.2, -0.15) is 0 Å². The van der Waals surface area contributed by atoms with Gasteiger partial charge in [-0.3, -0.25) is 9.69 Å². The zero-order valence-corrected chi connectivity index (χ0v) is 12.1. The SMILES string of the molecule is CN(C(=O)c1cc2ccccc2c(Cl)n1)c1ccccn1. The van der Waals surface area contributed by atoms with E-state index in [0.717, 1.165) is 10.8 Å². The highest BCUT2D eigenvalue weighted by Crippen LogP contribution is 2.23. The van der Waals surface area contributed by atoms with Crippen LogP contribution in [0.25, 0.3) is 10.8 Å². The number of amides is 1. The molecule has 2 heterocycles. The van der Waals surface area contributed by atoms with E-state index < -0.39 is 0 Å². The normalized spacial score (nSPS) is 10.6. The summed E-state index contributed by atoms with van der Waals surface area (Å²) in [6.07, 6.45) is 1.64. The van der Waals surface area contributed by atoms with Crippen LogP contribution in [0.2, 0.25) is 5.15 Å². The predicted molar refractivity (Wildman–Crippen MR) is 83.7 cm³/mol. The molecule has 0 spiro atoms. The highest BCUT2D eigenvalue weighted by Gasteiger charge is 2.17. The summed E-state index contributed by atoms with van der Waals surface area (Å²) in [5, 5.41) is 2.04. The first kappa shape index (κ1) is 13.5. The van der Waals surface area contributed by atoms with E-state index in [4.69, 9.17) is 11.6 Å². The van der Waals surface area contributed by atoms with E-state index in [-0.39, 0.29) is 5.91 Å². The number of pyridine rings is 2. The molecule has 1 amide bonds. The van der Waals surface area contributed by atoms with Crippen LogP contribution in [0.15, 0.2) is 54.7 Å². The van der Waals surface area contributed by atoms with Gasteiger partial charge in [0.15, 0.2) is 0 Å². The summed E-state index contributed by atoms with van der Waals surface area (Å²) >= 11 is 6.16. The minimum atomic E-state index is -0.249. The highest BCUT2D eigenvalue weighted by atomic mass is 35.5. The number of aromatic nitrogens is 2. The maximum absolute atomic E-state index is 12.5. The fourth-order valence-corrected chi connectivity index (χ4v) is 2.36. The molecule has 4 nitrogen and oxygen atoms in total. The first-order chi connectivity index (χ1) is 10.2. The molecule has 1 aromatic carbocycles. The minimum Gasteiger partial charge on any atom is -0.294 e. The summed E-state index contributed by atoms with van der Waals surface area (Å²) in [6.45, 7) is 0. The number of benzene rings is 1. The Morgan fingerprint density at radius 3 is 2.67 bits per heavy atom. The van der Waals surface area contributed by atoms with Crippen molar-refractivity contribution in [1.82, 2.24) is 9.97 Å². The molecule has 0 bridgehead atoms. The molecule has 0 aliphatic heterocycles. The van der Waals surface area contributed by atoms with E-state index >= 15 is 0 Å². The second-order valence-electron chi connectivity index (χ2n) is 4.57. The van der Waals surface area contributed by atoms with Crippen molar-refractivity contribution in [2.45, 2.75) is 0 Å². The molecule has 5 heteroatoms. The molecule has 0 atom stereocenters. The van der Waals surface area contributed by atoms with Gasteiger partial charge in [0, 0.05) is 18.6 Å². The molecule has 104 valence electrons. The zero-order valence-electron chi connectivity index (χ0n) is 11.3. The lowest BCUT2D eigenvalue weighted by molar-refractivity contribution is 0.0988. The molecule has 0 fully saturated rings. The number of anilines is 1. The summed E-state index contributed by atoms with van der Waals surface area (Å²) in [4.78, 5) is 22.3. The van der Waals surface area contributed by atoms with Gasteiger partial charge >= 0.3 is 0 Å². The smallest absolute Gasteiger partial charge is 0.277 e. The number of rotatable bonds is 2. The molecule has 3 rings (SSSR count). The van der Waals surface area contributed by atoms with Crippen molar-refractivity contribution >= 4 is 34.1 Å². The lowest BCUT2D eigenvalue weighted by Crippen LogP contribution is -2.27. The van der Waals surface area contributed by atoms with Crippen LogP contribution in [0.5, 0.6) is 0 Å². The van der Waals surface area contributed by atoms with Crippen molar-refractivity contribution in [3.63, 3.8) is 0 Å². The Kier molecular flexibility index (Phi) is 3.54. The predicted octanol–water partition coefficient (Wildman–Crippen LogP) is 3.56. The Labute approximate surface area is 127 Å². The van der Waals surface area contributed by atoms with Gasteiger partial charge in [0.1, 0.15) is 16.7 Å². The van der Waals surface area contributed by atoms with Gasteiger partial charge in [-0.15, -0.1) is 0 Å². The van der Waals surface area contributed by atoms with Crippen LogP contribution in [0.1, 0.15) is 10.5 Å². The molecule has 3 aromatic rings. The molecule has 0 saturated carbocycles. The van der Waals surface area contributed by atoms with Crippen LogP contribution in [0, 0.1) is 0 Å². The Morgan fingerprint density at radius 1 is 1.14 bits per heavy atom. The van der Waals surface area contributed by atoms with Gasteiger partial charge in [-0.05, 0) is 23.6 Å². The Bertz CT molecular complexity index is 805. The highest BCUT2D eigenvalue weighted by molar-refractivity contribution is 6.34. The molecule has 0 aliphatic carbocycles. The number of fused-ring (bicyclic) bond motifs is 1. The number of hydrogen-bond donors (Lipinski definition) is 0. The van der Waals surface area contributed by atoms with Crippen LogP contribution in [-0.2, 0) is 0 Å². The lowest BCUT2D eigenvalue weighted by atomic mass is 10.1. The maximum Gasteiger partial charge on any atom is 0.277 e. The van der Waals surface area contributed by atoms with Crippen LogP contribution in [-0.4, -0.2) is 22.9 Å². The molecule has 0 N–H and O–H groups in total. The lowest BCUT2D eigenvalue weighted by Gasteiger charge is -2.16. The molecular formula is C16H12ClN3O. The third-order valence-corrected chi connectivity index (χ3v) is 3.50. The van der Waals surface area contributed by atoms with Gasteiger partial charge in [0.25, 0.3) is 5.91 Å². The van der Waals surface area contributed by atoms with Crippen molar-refractivity contribution in [3.8, 4) is 0 Å². The van der Waals surface area contributed by atoms with Gasteiger partial charge in [-0.25, -0.2) is 9.97 Å². The first-order valence-electron chi connectivity index (χ1n) is 6.41. The van der Waals surface area contributed by atoms with E-state index in [2.05, 4.69) is 9.97 Å². The van der Waals surface area contributed by atoms with Crippen LogP contribution >= 0.6 is 11.6 Å². The Morgan fingerprint density at radius 2 is 1.90 bits per heavy atom. The largest absolute Gasteiger partial charge is 0.294 e. The standard InChI is InChI=1S/C16H12ClN3O/c1-20(14-8-4-5-9-18-14)16(21)13-10-11-6-2-3-7-12(11)15(17)19-13/h2-10H,1H3. The summed E-state index contributed by atoms with van der Waals surface area (Å²) < 4.78 is 0. The molecule has 0 radical (unpaired) electrons. The molecule has 0 aliphatic rings. The van der Waals surface area contributed by atoms with E-state index in [1.54, 1.807) is 31.4 Å². The second-order valence-corrected chi connectivity index (χ2v) is 4.93. The quantitative estimate of drug-likeness (QED) is 0.679. The summed E-state index contributed by atoms with van der Waals surface area (Å²) in [5.41, 5.74) is 0.298. The molecule has 0 unspecified atom stereocenters. The third-order valence-electron chi connectivity index (χ3n) is 3.21. The van der Waals surface area contributed by atoms with Gasteiger partial charge in [-0.1, -0.05) is 41.9 Å². The monoisotopic (exact) mass is 297 g/mol. The minimum absolute atomic E-state index is 0.249. The van der Waals surface area contributed by atoms with Crippen molar-refractivity contribution in [2.75, 3.05) is 11.9 Å². The third kappa shape index (κ3) is 2.58. The number of halogens is 1. The van der Waals surface area contributed by atoms with E-state index in [9.17, 15) is 4.79 Å². The van der Waals surface area contributed by atoms with Gasteiger partial charge < -0.3 is 0 Å². The van der Waals surface area contributed by atoms with Crippen molar-refractivity contribution in [1.29, 1.82) is 0 Å². The molecular weight excluding hydrogens is 286 g/mol. The summed E-state index contributed by atoms with van der Waals surface area (Å²) in [7, 11) is 1.66. The Hall–Kier alpha value is -2.46. The summed E-state index contributed by atoms with van der Waals surface area (Å²) in [6, 6.07) is 14.7. The fourth-order valence-electron chi connectivity index (χ4n) is 2.09. The number of hydrogen-bond acceptors (Lipinski definition) is 3. The van der Waals surface area contributed by atoms with Gasteiger partial charge in [0.05, 0.1) is 0 Å². The maximum atomic E-state index is 12.5. The second kappa shape index (κ2) is 5.50. The van der Waals surface area contributed by atoms with E-state index in [0.29, 0.717) is 16.7 Å². The average molecular weight is 298 g/mol. The van der Waals surface area contributed by atoms with E-state index in [1.165, 1.54) is 4.90 Å². The number of carbonyl (C=O) groups is 1. The molecule has 21 heavy (non-hydrogen) atoms. The zero-order chi connectivity index (χ0) is 14.8. The first-order valence-corrected chi connectivity index (χ1v) is 6.79. The van der Waals surface area contributed by atoms with Crippen LogP contribution in [0.4, 0.5) is 5.82 Å². The van der Waals surface area contributed by atoms with Crippen LogP contribution in [0.3, 0.4) is 0 Å². The number of nitrogens with zero attached hydrogens (tertiary/aromatic N) is 3. The number of carbonyl (C=O) groups excluding carboxylic acids is 1. The molecule has 2 aromatic heterocycles. The fraction of sp³-hybridized carbons (Fsp3) is 0.0625. The topological polar surface area (TPSA) is 46.1 Å².